The molecule has 1 aliphatic carbocycles. The van der Waals surface area contributed by atoms with Gasteiger partial charge in [0.15, 0.2) is 6.10 Å². The van der Waals surface area contributed by atoms with Gasteiger partial charge in [0.25, 0.3) is 11.8 Å². The molecule has 3 aromatic rings. The number of hydrogen-bond acceptors (Lipinski definition) is 8. The zero-order valence-electron chi connectivity index (χ0n) is 23.1. The maximum Gasteiger partial charge on any atom is 0.416 e. The molecule has 0 spiro atoms. The van der Waals surface area contributed by atoms with Crippen molar-refractivity contribution in [2.45, 2.75) is 51.6 Å². The van der Waals surface area contributed by atoms with Crippen LogP contribution in [0.25, 0.3) is 22.7 Å². The minimum Gasteiger partial charge on any atom is -0.467 e. The van der Waals surface area contributed by atoms with Crippen molar-refractivity contribution >= 4 is 17.8 Å². The highest BCUT2D eigenvalue weighted by molar-refractivity contribution is 5.95. The number of aromatic nitrogens is 3. The highest BCUT2D eigenvalue weighted by atomic mass is 19.4. The summed E-state index contributed by atoms with van der Waals surface area (Å²) in [5, 5.41) is 19.0. The van der Waals surface area contributed by atoms with E-state index in [0.717, 1.165) is 17.5 Å². The number of aliphatic hydroxyl groups is 1. The Morgan fingerprint density at radius 3 is 2.50 bits per heavy atom. The Morgan fingerprint density at radius 1 is 1.19 bits per heavy atom. The summed E-state index contributed by atoms with van der Waals surface area (Å²) in [6, 6.07) is 6.82. The van der Waals surface area contributed by atoms with Crippen molar-refractivity contribution in [3.8, 4) is 22.7 Å². The number of carbonyl (C=O) groups is 3. The van der Waals surface area contributed by atoms with Crippen LogP contribution in [-0.2, 0) is 16.1 Å². The number of esters is 1. The molecule has 1 fully saturated rings. The monoisotopic (exact) mass is 589 g/mol. The summed E-state index contributed by atoms with van der Waals surface area (Å²) in [6.07, 6.45) is -4.76. The van der Waals surface area contributed by atoms with E-state index in [0.29, 0.717) is 16.8 Å². The van der Waals surface area contributed by atoms with Crippen LogP contribution >= 0.6 is 0 Å². The van der Waals surface area contributed by atoms with Gasteiger partial charge in [0.2, 0.25) is 11.7 Å². The van der Waals surface area contributed by atoms with Crippen LogP contribution in [0.1, 0.15) is 47.7 Å². The average molecular weight is 590 g/mol. The fraction of sp³-hybridized carbons (Fsp3) is 0.393. The molecule has 1 saturated carbocycles. The SMILES string of the molecule is C=C(NC(=O)c1cc(-c2cccc(-c3ncc(C(=O)N[C@H](C(=O)OC)C(C)C)o3)c2)nn1CC(O)C(F)(F)F)C1CC1. The van der Waals surface area contributed by atoms with Gasteiger partial charge in [-0.3, -0.25) is 14.3 Å². The van der Waals surface area contributed by atoms with Crippen LogP contribution in [0.5, 0.6) is 0 Å². The molecule has 2 heterocycles. The van der Waals surface area contributed by atoms with Gasteiger partial charge in [0.1, 0.15) is 11.7 Å². The van der Waals surface area contributed by atoms with Gasteiger partial charge in [-0.15, -0.1) is 0 Å². The maximum atomic E-state index is 13.1. The molecular formula is C28H30F3N5O6. The molecule has 3 N–H and O–H groups in total. The number of methoxy groups -OCH3 is 1. The first-order chi connectivity index (χ1) is 19.8. The number of halogens is 3. The lowest BCUT2D eigenvalue weighted by Crippen LogP contribution is -2.44. The number of amides is 2. The van der Waals surface area contributed by atoms with Gasteiger partial charge >= 0.3 is 12.1 Å². The Bertz CT molecular complexity index is 1490. The number of allylic oxidation sites excluding steroid dienone is 1. The molecule has 2 atom stereocenters. The van der Waals surface area contributed by atoms with E-state index in [1.807, 2.05) is 0 Å². The molecule has 2 aromatic heterocycles. The standard InChI is InChI=1S/C28H30F3N5O6/c1-14(2)23(27(40)41-4)34-25(39)21-12-32-26(42-21)18-7-5-6-17(10-18)19-11-20(24(38)33-15(3)16-8-9-16)36(35-19)13-22(37)28(29,30)31/h5-7,10-12,14,16,22-23,37H,3,8-9,13H2,1-2,4H3,(H,33,38)(H,34,39)/t22?,23-/m0/s1. The van der Waals surface area contributed by atoms with E-state index in [9.17, 15) is 32.7 Å². The molecule has 2 amide bonds. The molecule has 11 nitrogen and oxygen atoms in total. The quantitative estimate of drug-likeness (QED) is 0.287. The first kappa shape index (κ1) is 30.5. The van der Waals surface area contributed by atoms with Gasteiger partial charge in [0, 0.05) is 16.8 Å². The van der Waals surface area contributed by atoms with Crippen LogP contribution in [0.4, 0.5) is 13.2 Å². The second kappa shape index (κ2) is 12.2. The third-order valence-corrected chi connectivity index (χ3v) is 6.62. The molecule has 0 aliphatic heterocycles. The van der Waals surface area contributed by atoms with Gasteiger partial charge in [-0.05, 0) is 42.9 Å². The fourth-order valence-corrected chi connectivity index (χ4v) is 4.05. The predicted molar refractivity (Wildman–Crippen MR) is 143 cm³/mol. The number of alkyl halides is 3. The Labute approximate surface area is 238 Å². The normalized spacial score (nSPS) is 14.8. The molecule has 1 aromatic carbocycles. The Hall–Kier alpha value is -4.46. The van der Waals surface area contributed by atoms with Gasteiger partial charge < -0.3 is 24.9 Å². The van der Waals surface area contributed by atoms with Crippen LogP contribution in [0.15, 0.2) is 53.2 Å². The van der Waals surface area contributed by atoms with Crippen molar-refractivity contribution in [3.05, 3.63) is 60.3 Å². The van der Waals surface area contributed by atoms with E-state index in [4.69, 9.17) is 9.15 Å². The first-order valence-electron chi connectivity index (χ1n) is 13.1. The van der Waals surface area contributed by atoms with Gasteiger partial charge in [0.05, 0.1) is 25.5 Å². The third-order valence-electron chi connectivity index (χ3n) is 6.62. The number of carbonyl (C=O) groups excluding carboxylic acids is 3. The zero-order chi connectivity index (χ0) is 30.8. The van der Waals surface area contributed by atoms with Crippen molar-refractivity contribution in [1.29, 1.82) is 0 Å². The molecule has 224 valence electrons. The first-order valence-corrected chi connectivity index (χ1v) is 13.1. The number of oxazole rings is 1. The molecule has 0 saturated heterocycles. The van der Waals surface area contributed by atoms with Crippen molar-refractivity contribution < 1.29 is 41.8 Å². The van der Waals surface area contributed by atoms with Crippen molar-refractivity contribution in [2.75, 3.05) is 7.11 Å². The third kappa shape index (κ3) is 7.05. The predicted octanol–water partition coefficient (Wildman–Crippen LogP) is 3.71. The molecule has 42 heavy (non-hydrogen) atoms. The van der Waals surface area contributed by atoms with E-state index in [1.54, 1.807) is 38.1 Å². The Kier molecular flexibility index (Phi) is 8.85. The smallest absolute Gasteiger partial charge is 0.416 e. The lowest BCUT2D eigenvalue weighted by Gasteiger charge is -2.18. The van der Waals surface area contributed by atoms with Crippen LogP contribution in [0.3, 0.4) is 0 Å². The second-order valence-electron chi connectivity index (χ2n) is 10.2. The number of ether oxygens (including phenoxy) is 1. The van der Waals surface area contributed by atoms with Crippen LogP contribution < -0.4 is 10.6 Å². The summed E-state index contributed by atoms with van der Waals surface area (Å²) in [5.41, 5.74) is 1.22. The highest BCUT2D eigenvalue weighted by Gasteiger charge is 2.39. The number of nitrogens with zero attached hydrogens (tertiary/aromatic N) is 3. The number of hydrogen-bond donors (Lipinski definition) is 3. The summed E-state index contributed by atoms with van der Waals surface area (Å²) in [7, 11) is 1.21. The van der Waals surface area contributed by atoms with E-state index in [2.05, 4.69) is 27.3 Å². The summed E-state index contributed by atoms with van der Waals surface area (Å²) >= 11 is 0. The van der Waals surface area contributed by atoms with Crippen molar-refractivity contribution in [3.63, 3.8) is 0 Å². The summed E-state index contributed by atoms with van der Waals surface area (Å²) in [4.78, 5) is 41.7. The lowest BCUT2D eigenvalue weighted by molar-refractivity contribution is -0.208. The molecule has 14 heteroatoms. The molecular weight excluding hydrogens is 559 g/mol. The minimum atomic E-state index is -4.92. The number of aliphatic hydroxyl groups excluding tert-OH is 1. The summed E-state index contributed by atoms with van der Waals surface area (Å²) in [6.45, 7) is 6.29. The topological polar surface area (TPSA) is 149 Å². The van der Waals surface area contributed by atoms with Crippen molar-refractivity contribution in [2.24, 2.45) is 11.8 Å². The second-order valence-corrected chi connectivity index (χ2v) is 10.2. The largest absolute Gasteiger partial charge is 0.467 e. The minimum absolute atomic E-state index is 0.0480. The fourth-order valence-electron chi connectivity index (χ4n) is 4.05. The lowest BCUT2D eigenvalue weighted by atomic mass is 10.0. The number of nitrogens with one attached hydrogen (secondary N) is 2. The molecule has 4 rings (SSSR count). The van der Waals surface area contributed by atoms with Gasteiger partial charge in [-0.2, -0.15) is 18.3 Å². The molecule has 1 aliphatic rings. The average Bonchev–Trinajstić information content (AvgIpc) is 3.52. The molecule has 1 unspecified atom stereocenters. The summed E-state index contributed by atoms with van der Waals surface area (Å²) < 4.78 is 50.5. The van der Waals surface area contributed by atoms with Crippen LogP contribution in [-0.4, -0.2) is 63.1 Å². The number of rotatable bonds is 11. The van der Waals surface area contributed by atoms with Gasteiger partial charge in [-0.1, -0.05) is 32.6 Å². The highest BCUT2D eigenvalue weighted by Crippen LogP contribution is 2.34. The van der Waals surface area contributed by atoms with E-state index in [1.165, 1.54) is 19.4 Å². The maximum absolute atomic E-state index is 13.1. The van der Waals surface area contributed by atoms with E-state index in [-0.39, 0.29) is 34.9 Å². The Balaban J connectivity index is 1.60. The van der Waals surface area contributed by atoms with Crippen molar-refractivity contribution in [1.82, 2.24) is 25.4 Å². The van der Waals surface area contributed by atoms with Gasteiger partial charge in [-0.25, -0.2) is 9.78 Å². The molecule has 0 radical (unpaired) electrons. The summed E-state index contributed by atoms with van der Waals surface area (Å²) in [5.74, 6) is -2.25. The Morgan fingerprint density at radius 2 is 1.88 bits per heavy atom. The number of benzene rings is 1. The zero-order valence-corrected chi connectivity index (χ0v) is 23.1. The van der Waals surface area contributed by atoms with E-state index < -0.39 is 42.7 Å². The van der Waals surface area contributed by atoms with Crippen LogP contribution in [0, 0.1) is 11.8 Å². The van der Waals surface area contributed by atoms with E-state index >= 15 is 0 Å². The van der Waals surface area contributed by atoms with Crippen LogP contribution in [0.2, 0.25) is 0 Å². The molecule has 0 bridgehead atoms.